The van der Waals surface area contributed by atoms with Crippen LogP contribution < -0.4 is 0 Å². The number of benzene rings is 1. The number of amides is 2. The molecule has 144 valence electrons. The summed E-state index contributed by atoms with van der Waals surface area (Å²) in [5.74, 6) is 0.0179. The molecule has 1 aliphatic heterocycles. The topological polar surface area (TPSA) is 88.8 Å². The van der Waals surface area contributed by atoms with E-state index in [0.29, 0.717) is 38.3 Å². The standard InChI is InChI=1S/C17H19FN4O4S/c1-2-25-17(24)22-9-7-21(8-10-22)14(23)11-27-16-20-19-15(26-16)12-3-5-13(18)6-4-12/h3-6H,2,7-11H2,1H3. The zero-order valence-electron chi connectivity index (χ0n) is 14.8. The van der Waals surface area contributed by atoms with E-state index in [1.165, 1.54) is 12.1 Å². The molecule has 1 fully saturated rings. The van der Waals surface area contributed by atoms with E-state index in [-0.39, 0.29) is 34.7 Å². The van der Waals surface area contributed by atoms with Crippen molar-refractivity contribution in [2.45, 2.75) is 12.1 Å². The van der Waals surface area contributed by atoms with Gasteiger partial charge in [-0.15, -0.1) is 10.2 Å². The second-order valence-electron chi connectivity index (χ2n) is 5.74. The van der Waals surface area contributed by atoms with Gasteiger partial charge in [0, 0.05) is 31.7 Å². The van der Waals surface area contributed by atoms with Crippen LogP contribution in [-0.4, -0.2) is 70.5 Å². The average Bonchev–Trinajstić information content (AvgIpc) is 3.16. The minimum Gasteiger partial charge on any atom is -0.450 e. The van der Waals surface area contributed by atoms with Crippen molar-refractivity contribution in [2.75, 3.05) is 38.5 Å². The van der Waals surface area contributed by atoms with Gasteiger partial charge < -0.3 is 19.0 Å². The Morgan fingerprint density at radius 1 is 1.15 bits per heavy atom. The molecule has 3 rings (SSSR count). The molecule has 0 aliphatic carbocycles. The predicted octanol–water partition coefficient (Wildman–Crippen LogP) is 2.27. The molecule has 1 saturated heterocycles. The van der Waals surface area contributed by atoms with E-state index in [4.69, 9.17) is 9.15 Å². The third kappa shape index (κ3) is 4.97. The molecular weight excluding hydrogens is 375 g/mol. The number of carbonyl (C=O) groups is 2. The molecule has 0 spiro atoms. The van der Waals surface area contributed by atoms with Crippen LogP contribution in [0, 0.1) is 5.82 Å². The van der Waals surface area contributed by atoms with Gasteiger partial charge >= 0.3 is 6.09 Å². The quantitative estimate of drug-likeness (QED) is 0.719. The SMILES string of the molecule is CCOC(=O)N1CCN(C(=O)CSc2nnc(-c3ccc(F)cc3)o2)CC1. The number of rotatable bonds is 5. The van der Waals surface area contributed by atoms with Crippen LogP contribution in [0.15, 0.2) is 33.9 Å². The monoisotopic (exact) mass is 394 g/mol. The van der Waals surface area contributed by atoms with Crippen LogP contribution in [0.25, 0.3) is 11.5 Å². The Bertz CT molecular complexity index is 790. The fourth-order valence-corrected chi connectivity index (χ4v) is 3.21. The van der Waals surface area contributed by atoms with Crippen molar-refractivity contribution < 1.29 is 23.1 Å². The second-order valence-corrected chi connectivity index (χ2v) is 6.66. The molecule has 0 bridgehead atoms. The summed E-state index contributed by atoms with van der Waals surface area (Å²) in [5, 5.41) is 8.08. The number of aromatic nitrogens is 2. The van der Waals surface area contributed by atoms with Gasteiger partial charge in [0.1, 0.15) is 5.82 Å². The van der Waals surface area contributed by atoms with Gasteiger partial charge in [-0.3, -0.25) is 4.79 Å². The van der Waals surface area contributed by atoms with Gasteiger partial charge in [0.15, 0.2) is 0 Å². The van der Waals surface area contributed by atoms with Gasteiger partial charge in [0.05, 0.1) is 12.4 Å². The molecule has 10 heteroatoms. The molecule has 1 aliphatic rings. The third-order valence-corrected chi connectivity index (χ3v) is 4.78. The van der Waals surface area contributed by atoms with Gasteiger partial charge in [-0.1, -0.05) is 11.8 Å². The molecule has 2 aromatic rings. The van der Waals surface area contributed by atoms with E-state index in [1.54, 1.807) is 28.9 Å². The van der Waals surface area contributed by atoms with Crippen molar-refractivity contribution in [3.8, 4) is 11.5 Å². The van der Waals surface area contributed by atoms with Gasteiger partial charge in [0.25, 0.3) is 5.22 Å². The van der Waals surface area contributed by atoms with Crippen molar-refractivity contribution >= 4 is 23.8 Å². The molecule has 0 unspecified atom stereocenters. The summed E-state index contributed by atoms with van der Waals surface area (Å²) in [6, 6.07) is 5.72. The zero-order chi connectivity index (χ0) is 19.2. The van der Waals surface area contributed by atoms with Gasteiger partial charge in [0.2, 0.25) is 11.8 Å². The van der Waals surface area contributed by atoms with E-state index in [2.05, 4.69) is 10.2 Å². The first-order valence-corrected chi connectivity index (χ1v) is 9.47. The van der Waals surface area contributed by atoms with Crippen LogP contribution in [0.4, 0.5) is 9.18 Å². The van der Waals surface area contributed by atoms with Crippen LogP contribution in [0.5, 0.6) is 0 Å². The van der Waals surface area contributed by atoms with Gasteiger partial charge in [-0.05, 0) is 31.2 Å². The first-order valence-electron chi connectivity index (χ1n) is 8.48. The fraction of sp³-hybridized carbons (Fsp3) is 0.412. The number of thioether (sulfide) groups is 1. The smallest absolute Gasteiger partial charge is 0.409 e. The predicted molar refractivity (Wildman–Crippen MR) is 95.6 cm³/mol. The summed E-state index contributed by atoms with van der Waals surface area (Å²) in [5.41, 5.74) is 0.608. The Morgan fingerprint density at radius 3 is 2.48 bits per heavy atom. The maximum atomic E-state index is 13.0. The lowest BCUT2D eigenvalue weighted by Gasteiger charge is -2.33. The van der Waals surface area contributed by atoms with Crippen molar-refractivity contribution in [3.05, 3.63) is 30.1 Å². The first-order chi connectivity index (χ1) is 13.1. The fourth-order valence-electron chi connectivity index (χ4n) is 2.55. The maximum absolute atomic E-state index is 13.0. The Labute approximate surface area is 159 Å². The second kappa shape index (κ2) is 8.85. The summed E-state index contributed by atoms with van der Waals surface area (Å²) in [6.45, 7) is 3.91. The van der Waals surface area contributed by atoms with Crippen molar-refractivity contribution in [2.24, 2.45) is 0 Å². The highest BCUT2D eigenvalue weighted by molar-refractivity contribution is 7.99. The number of carbonyl (C=O) groups excluding carboxylic acids is 2. The molecule has 2 amide bonds. The highest BCUT2D eigenvalue weighted by Crippen LogP contribution is 2.23. The Kier molecular flexibility index (Phi) is 6.28. The summed E-state index contributed by atoms with van der Waals surface area (Å²) in [4.78, 5) is 27.3. The van der Waals surface area contributed by atoms with Crippen LogP contribution in [0.1, 0.15) is 6.92 Å². The molecule has 1 aromatic heterocycles. The number of piperazine rings is 1. The number of halogens is 1. The van der Waals surface area contributed by atoms with Crippen LogP contribution in [0.2, 0.25) is 0 Å². The summed E-state index contributed by atoms with van der Waals surface area (Å²) in [6.07, 6.45) is -0.349. The maximum Gasteiger partial charge on any atom is 0.409 e. The number of hydrogen-bond acceptors (Lipinski definition) is 7. The van der Waals surface area contributed by atoms with Crippen molar-refractivity contribution in [1.82, 2.24) is 20.0 Å². The van der Waals surface area contributed by atoms with Crippen LogP contribution >= 0.6 is 11.8 Å². The summed E-state index contributed by atoms with van der Waals surface area (Å²) >= 11 is 1.15. The Balaban J connectivity index is 1.47. The zero-order valence-corrected chi connectivity index (χ0v) is 15.6. The molecule has 1 aromatic carbocycles. The third-order valence-electron chi connectivity index (χ3n) is 3.98. The minimum absolute atomic E-state index is 0.0648. The van der Waals surface area contributed by atoms with E-state index in [0.717, 1.165) is 11.8 Å². The summed E-state index contributed by atoms with van der Waals surface area (Å²) < 4.78 is 23.4. The average molecular weight is 394 g/mol. The van der Waals surface area contributed by atoms with Gasteiger partial charge in [-0.2, -0.15) is 0 Å². The number of ether oxygens (including phenoxy) is 1. The van der Waals surface area contributed by atoms with Crippen LogP contribution in [0.3, 0.4) is 0 Å². The van der Waals surface area contributed by atoms with E-state index < -0.39 is 0 Å². The minimum atomic E-state index is -0.349. The van der Waals surface area contributed by atoms with Crippen molar-refractivity contribution in [3.63, 3.8) is 0 Å². The van der Waals surface area contributed by atoms with E-state index in [1.807, 2.05) is 0 Å². The Morgan fingerprint density at radius 2 is 1.81 bits per heavy atom. The number of hydrogen-bond donors (Lipinski definition) is 0. The molecule has 0 radical (unpaired) electrons. The van der Waals surface area contributed by atoms with E-state index in [9.17, 15) is 14.0 Å². The lowest BCUT2D eigenvalue weighted by atomic mass is 10.2. The van der Waals surface area contributed by atoms with E-state index >= 15 is 0 Å². The molecule has 8 nitrogen and oxygen atoms in total. The first kappa shape index (κ1) is 19.2. The highest BCUT2D eigenvalue weighted by Gasteiger charge is 2.25. The molecular formula is C17H19FN4O4S. The van der Waals surface area contributed by atoms with Crippen LogP contribution in [-0.2, 0) is 9.53 Å². The molecule has 0 atom stereocenters. The molecule has 2 heterocycles. The lowest BCUT2D eigenvalue weighted by molar-refractivity contribution is -0.129. The highest BCUT2D eigenvalue weighted by atomic mass is 32.2. The summed E-state index contributed by atoms with van der Waals surface area (Å²) in [7, 11) is 0. The molecule has 0 saturated carbocycles. The molecule has 0 N–H and O–H groups in total. The Hall–Kier alpha value is -2.62. The number of nitrogens with zero attached hydrogens (tertiary/aromatic N) is 4. The molecule has 27 heavy (non-hydrogen) atoms. The van der Waals surface area contributed by atoms with Crippen molar-refractivity contribution in [1.29, 1.82) is 0 Å². The lowest BCUT2D eigenvalue weighted by Crippen LogP contribution is -2.51. The normalized spacial score (nSPS) is 14.3. The largest absolute Gasteiger partial charge is 0.450 e. The van der Waals surface area contributed by atoms with Gasteiger partial charge in [-0.25, -0.2) is 9.18 Å².